The zero-order valence-corrected chi connectivity index (χ0v) is 16.5. The summed E-state index contributed by atoms with van der Waals surface area (Å²) in [5.41, 5.74) is 12.9. The molecule has 2 aliphatic carbocycles. The van der Waals surface area contributed by atoms with Crippen LogP contribution in [0.2, 0.25) is 0 Å². The van der Waals surface area contributed by atoms with E-state index in [1.54, 1.807) is 0 Å². The maximum atomic E-state index is 4.83. The molecular formula is C26H24N2. The molecule has 1 aromatic carbocycles. The number of rotatable bonds is 2. The van der Waals surface area contributed by atoms with E-state index in [1.165, 1.54) is 50.2 Å². The largest absolute Gasteiger partial charge is 0.260 e. The summed E-state index contributed by atoms with van der Waals surface area (Å²) in [6.07, 6.45) is 16.9. The monoisotopic (exact) mass is 364 g/mol. The van der Waals surface area contributed by atoms with Gasteiger partial charge < -0.3 is 0 Å². The number of aliphatic imine (C=N–C) groups is 1. The van der Waals surface area contributed by atoms with E-state index in [0.29, 0.717) is 0 Å². The summed E-state index contributed by atoms with van der Waals surface area (Å²) in [5.74, 6) is 0. The molecule has 0 radical (unpaired) electrons. The molecular weight excluding hydrogens is 340 g/mol. The van der Waals surface area contributed by atoms with E-state index in [-0.39, 0.29) is 0 Å². The molecule has 0 fully saturated rings. The van der Waals surface area contributed by atoms with Gasteiger partial charge in [0.05, 0.1) is 11.4 Å². The topological polar surface area (TPSA) is 25.2 Å². The second kappa shape index (κ2) is 6.87. The molecule has 2 nitrogen and oxygen atoms in total. The fourth-order valence-corrected chi connectivity index (χ4v) is 4.57. The summed E-state index contributed by atoms with van der Waals surface area (Å²) in [4.78, 5) is 9.37. The average molecular weight is 364 g/mol. The van der Waals surface area contributed by atoms with Crippen LogP contribution in [0.15, 0.2) is 70.9 Å². The summed E-state index contributed by atoms with van der Waals surface area (Å²) in [6.45, 7) is 4.48. The lowest BCUT2D eigenvalue weighted by Gasteiger charge is -2.19. The molecule has 0 unspecified atom stereocenters. The van der Waals surface area contributed by atoms with Crippen molar-refractivity contribution in [2.24, 2.45) is 4.99 Å². The highest BCUT2D eigenvalue weighted by molar-refractivity contribution is 5.89. The minimum atomic E-state index is 0.910. The summed E-state index contributed by atoms with van der Waals surface area (Å²) in [6, 6.07) is 9.00. The van der Waals surface area contributed by atoms with E-state index >= 15 is 0 Å². The van der Waals surface area contributed by atoms with Crippen molar-refractivity contribution in [2.75, 3.05) is 0 Å². The predicted octanol–water partition coefficient (Wildman–Crippen LogP) is 6.40. The first-order valence-electron chi connectivity index (χ1n) is 10.1. The molecule has 0 amide bonds. The van der Waals surface area contributed by atoms with Crippen LogP contribution in [-0.4, -0.2) is 11.2 Å². The van der Waals surface area contributed by atoms with E-state index in [9.17, 15) is 0 Å². The van der Waals surface area contributed by atoms with Crippen LogP contribution in [0.5, 0.6) is 0 Å². The molecule has 0 atom stereocenters. The molecule has 2 heterocycles. The highest BCUT2D eigenvalue weighted by atomic mass is 14.7. The smallest absolute Gasteiger partial charge is 0.0665 e. The van der Waals surface area contributed by atoms with Gasteiger partial charge in [0.2, 0.25) is 0 Å². The standard InChI is InChI=1S/C26H24N2/c1-17-6-5-7-18(2)26(17)21-15-23-22(10-12-25(23)28-16-21)19-9-11-24-20(14-19)8-3-4-13-27-24/h3-4,6,9-11,13-16H,5,7-8,12H2,1-2H3. The number of aromatic nitrogens is 1. The molecule has 5 rings (SSSR count). The SMILES string of the molecule is CC1=CCCC(C)=C1c1cnc2c(c1)C(c1ccc3c(c1)CC=CC=N3)=CC2. The van der Waals surface area contributed by atoms with Gasteiger partial charge in [-0.3, -0.25) is 9.98 Å². The number of allylic oxidation sites excluding steroid dienone is 7. The van der Waals surface area contributed by atoms with Crippen LogP contribution in [0.1, 0.15) is 54.6 Å². The third-order valence-electron chi connectivity index (χ3n) is 6.00. The molecule has 0 saturated carbocycles. The number of benzene rings is 1. The van der Waals surface area contributed by atoms with Crippen LogP contribution in [0.25, 0.3) is 11.1 Å². The quantitative estimate of drug-likeness (QED) is 0.605. The molecule has 0 saturated heterocycles. The lowest BCUT2D eigenvalue weighted by Crippen LogP contribution is -2.00. The molecule has 28 heavy (non-hydrogen) atoms. The molecule has 0 bridgehead atoms. The number of fused-ring (bicyclic) bond motifs is 2. The molecule has 2 aromatic rings. The molecule has 1 aromatic heterocycles. The molecule has 1 aliphatic heterocycles. The number of hydrogen-bond acceptors (Lipinski definition) is 2. The first-order valence-corrected chi connectivity index (χ1v) is 10.1. The Kier molecular flexibility index (Phi) is 4.20. The summed E-state index contributed by atoms with van der Waals surface area (Å²) >= 11 is 0. The van der Waals surface area contributed by atoms with E-state index in [0.717, 1.165) is 31.4 Å². The van der Waals surface area contributed by atoms with Crippen LogP contribution in [-0.2, 0) is 12.8 Å². The van der Waals surface area contributed by atoms with Crippen molar-refractivity contribution in [3.05, 3.63) is 93.9 Å². The van der Waals surface area contributed by atoms with Crippen LogP contribution >= 0.6 is 0 Å². The van der Waals surface area contributed by atoms with Crippen LogP contribution in [0.3, 0.4) is 0 Å². The minimum absolute atomic E-state index is 0.910. The van der Waals surface area contributed by atoms with Crippen molar-refractivity contribution in [2.45, 2.75) is 39.5 Å². The van der Waals surface area contributed by atoms with Gasteiger partial charge in [0, 0.05) is 30.0 Å². The second-order valence-electron chi connectivity index (χ2n) is 7.88. The predicted molar refractivity (Wildman–Crippen MR) is 118 cm³/mol. The number of hydrogen-bond donors (Lipinski definition) is 0. The van der Waals surface area contributed by atoms with Gasteiger partial charge in [-0.1, -0.05) is 29.9 Å². The Balaban J connectivity index is 1.57. The summed E-state index contributed by atoms with van der Waals surface area (Å²) in [5, 5.41) is 0. The Bertz CT molecular complexity index is 1120. The third kappa shape index (κ3) is 2.90. The van der Waals surface area contributed by atoms with Gasteiger partial charge in [-0.05, 0) is 85.2 Å². The number of pyridine rings is 1. The highest BCUT2D eigenvalue weighted by Gasteiger charge is 2.21. The Morgan fingerprint density at radius 1 is 0.964 bits per heavy atom. The lowest BCUT2D eigenvalue weighted by molar-refractivity contribution is 0.951. The lowest BCUT2D eigenvalue weighted by atomic mass is 9.87. The van der Waals surface area contributed by atoms with Crippen molar-refractivity contribution in [3.8, 4) is 0 Å². The van der Waals surface area contributed by atoms with Crippen molar-refractivity contribution >= 4 is 23.0 Å². The van der Waals surface area contributed by atoms with E-state index in [4.69, 9.17) is 4.98 Å². The average Bonchev–Trinajstić information content (AvgIpc) is 2.97. The zero-order chi connectivity index (χ0) is 19.1. The van der Waals surface area contributed by atoms with Crippen LogP contribution in [0, 0.1) is 0 Å². The minimum Gasteiger partial charge on any atom is -0.260 e. The maximum absolute atomic E-state index is 4.83. The molecule has 0 N–H and O–H groups in total. The van der Waals surface area contributed by atoms with Gasteiger partial charge in [-0.2, -0.15) is 0 Å². The van der Waals surface area contributed by atoms with Gasteiger partial charge >= 0.3 is 0 Å². The molecule has 0 spiro atoms. The fourth-order valence-electron chi connectivity index (χ4n) is 4.57. The van der Waals surface area contributed by atoms with Crippen LogP contribution < -0.4 is 0 Å². The van der Waals surface area contributed by atoms with Gasteiger partial charge in [0.15, 0.2) is 0 Å². The third-order valence-corrected chi connectivity index (χ3v) is 6.00. The Morgan fingerprint density at radius 3 is 2.79 bits per heavy atom. The Hall–Kier alpha value is -3.00. The zero-order valence-electron chi connectivity index (χ0n) is 16.5. The highest BCUT2D eigenvalue weighted by Crippen LogP contribution is 2.38. The Morgan fingerprint density at radius 2 is 1.89 bits per heavy atom. The van der Waals surface area contributed by atoms with Gasteiger partial charge in [0.1, 0.15) is 0 Å². The second-order valence-corrected chi connectivity index (χ2v) is 7.88. The van der Waals surface area contributed by atoms with Crippen molar-refractivity contribution in [1.82, 2.24) is 4.98 Å². The van der Waals surface area contributed by atoms with Gasteiger partial charge in [-0.25, -0.2) is 0 Å². The van der Waals surface area contributed by atoms with Gasteiger partial charge in [-0.15, -0.1) is 0 Å². The first-order chi connectivity index (χ1) is 13.7. The van der Waals surface area contributed by atoms with Crippen molar-refractivity contribution in [3.63, 3.8) is 0 Å². The summed E-state index contributed by atoms with van der Waals surface area (Å²) < 4.78 is 0. The number of nitrogens with zero attached hydrogens (tertiary/aromatic N) is 2. The molecule has 2 heteroatoms. The van der Waals surface area contributed by atoms with Crippen molar-refractivity contribution in [1.29, 1.82) is 0 Å². The first kappa shape index (κ1) is 17.1. The van der Waals surface area contributed by atoms with E-state index in [1.807, 2.05) is 12.3 Å². The van der Waals surface area contributed by atoms with Crippen molar-refractivity contribution < 1.29 is 0 Å². The fraction of sp³-hybridized carbons (Fsp3) is 0.231. The Labute approximate surface area is 166 Å². The van der Waals surface area contributed by atoms with Crippen LogP contribution in [0.4, 0.5) is 5.69 Å². The molecule has 138 valence electrons. The maximum Gasteiger partial charge on any atom is 0.0665 e. The van der Waals surface area contributed by atoms with Gasteiger partial charge in [0.25, 0.3) is 0 Å². The summed E-state index contributed by atoms with van der Waals surface area (Å²) in [7, 11) is 0. The van der Waals surface area contributed by atoms with E-state index in [2.05, 4.69) is 67.5 Å². The van der Waals surface area contributed by atoms with E-state index < -0.39 is 0 Å². The molecule has 3 aliphatic rings. The normalized spacial score (nSPS) is 17.8.